The molecule has 3 rings (SSSR count). The van der Waals surface area contributed by atoms with Gasteiger partial charge in [0.1, 0.15) is 23.0 Å². The highest BCUT2D eigenvalue weighted by atomic mass is 16.5. The lowest BCUT2D eigenvalue weighted by molar-refractivity contribution is -0.130. The van der Waals surface area contributed by atoms with Crippen LogP contribution in [0.15, 0.2) is 85.0 Å². The molecule has 0 saturated carbocycles. The normalized spacial score (nSPS) is 10.2. The average molecular weight is 459 g/mol. The Hall–Kier alpha value is -4.32. The fraction of sp³-hybridized carbons (Fsp3) is 0.143. The Balaban J connectivity index is 2.10. The van der Waals surface area contributed by atoms with Gasteiger partial charge in [-0.15, -0.1) is 0 Å². The van der Waals surface area contributed by atoms with Crippen LogP contribution in [-0.2, 0) is 9.59 Å². The van der Waals surface area contributed by atoms with Gasteiger partial charge in [0, 0.05) is 11.1 Å². The number of esters is 2. The minimum absolute atomic E-state index is 0.266. The van der Waals surface area contributed by atoms with Crippen molar-refractivity contribution in [2.24, 2.45) is 0 Å². The van der Waals surface area contributed by atoms with E-state index in [-0.39, 0.29) is 5.57 Å². The highest BCUT2D eigenvalue weighted by Crippen LogP contribution is 2.43. The Morgan fingerprint density at radius 3 is 1.65 bits per heavy atom. The van der Waals surface area contributed by atoms with E-state index in [9.17, 15) is 9.59 Å². The van der Waals surface area contributed by atoms with Crippen LogP contribution in [0.2, 0.25) is 0 Å². The SMILES string of the molecule is C=C(C)C(=O)Oc1ccc(-c2c(OC)cc(-c3ccc(OC)cc3)cc2OC(=O)C(=C)C)cc1. The van der Waals surface area contributed by atoms with Gasteiger partial charge >= 0.3 is 11.9 Å². The molecule has 0 saturated heterocycles. The predicted octanol–water partition coefficient (Wildman–Crippen LogP) is 6.00. The van der Waals surface area contributed by atoms with Gasteiger partial charge in [-0.25, -0.2) is 9.59 Å². The molecule has 0 N–H and O–H groups in total. The van der Waals surface area contributed by atoms with Gasteiger partial charge in [0.2, 0.25) is 0 Å². The van der Waals surface area contributed by atoms with Crippen LogP contribution < -0.4 is 18.9 Å². The summed E-state index contributed by atoms with van der Waals surface area (Å²) >= 11 is 0. The molecule has 0 heterocycles. The van der Waals surface area contributed by atoms with Gasteiger partial charge in [-0.1, -0.05) is 37.4 Å². The number of carbonyl (C=O) groups is 2. The number of benzene rings is 3. The maximum atomic E-state index is 12.4. The maximum Gasteiger partial charge on any atom is 0.338 e. The lowest BCUT2D eigenvalue weighted by Gasteiger charge is -2.17. The summed E-state index contributed by atoms with van der Waals surface area (Å²) in [6.45, 7) is 10.4. The Morgan fingerprint density at radius 1 is 0.618 bits per heavy atom. The van der Waals surface area contributed by atoms with E-state index < -0.39 is 11.9 Å². The third-order valence-corrected chi connectivity index (χ3v) is 4.96. The molecule has 0 aliphatic heterocycles. The smallest absolute Gasteiger partial charge is 0.338 e. The zero-order valence-corrected chi connectivity index (χ0v) is 19.6. The van der Waals surface area contributed by atoms with Crippen LogP contribution in [0, 0.1) is 0 Å². The highest BCUT2D eigenvalue weighted by molar-refractivity contribution is 5.92. The molecule has 34 heavy (non-hydrogen) atoms. The second-order valence-electron chi connectivity index (χ2n) is 7.64. The van der Waals surface area contributed by atoms with Crippen molar-refractivity contribution in [2.45, 2.75) is 13.8 Å². The molecule has 0 aromatic heterocycles. The number of carbonyl (C=O) groups excluding carboxylic acids is 2. The van der Waals surface area contributed by atoms with Gasteiger partial charge in [-0.3, -0.25) is 0 Å². The Bertz CT molecular complexity index is 1240. The molecule has 3 aromatic rings. The Labute approximate surface area is 199 Å². The zero-order valence-electron chi connectivity index (χ0n) is 19.6. The topological polar surface area (TPSA) is 71.1 Å². The van der Waals surface area contributed by atoms with Gasteiger partial charge in [0.25, 0.3) is 0 Å². The molecule has 6 nitrogen and oxygen atoms in total. The molecule has 0 unspecified atom stereocenters. The first-order valence-electron chi connectivity index (χ1n) is 10.5. The van der Waals surface area contributed by atoms with Crippen LogP contribution in [0.5, 0.6) is 23.0 Å². The summed E-state index contributed by atoms with van der Waals surface area (Å²) in [5.41, 5.74) is 3.53. The van der Waals surface area contributed by atoms with Crippen molar-refractivity contribution in [2.75, 3.05) is 14.2 Å². The predicted molar refractivity (Wildman–Crippen MR) is 131 cm³/mol. The molecule has 0 aliphatic carbocycles. The first kappa shape index (κ1) is 24.3. The van der Waals surface area contributed by atoms with E-state index in [1.807, 2.05) is 30.3 Å². The van der Waals surface area contributed by atoms with Crippen molar-refractivity contribution in [1.29, 1.82) is 0 Å². The molecule has 0 spiro atoms. The summed E-state index contributed by atoms with van der Waals surface area (Å²) < 4.78 is 21.9. The molecule has 6 heteroatoms. The van der Waals surface area contributed by atoms with E-state index >= 15 is 0 Å². The summed E-state index contributed by atoms with van der Waals surface area (Å²) in [4.78, 5) is 24.2. The third-order valence-electron chi connectivity index (χ3n) is 4.96. The third kappa shape index (κ3) is 5.53. The summed E-state index contributed by atoms with van der Waals surface area (Å²) in [6, 6.07) is 18.0. The fourth-order valence-electron chi connectivity index (χ4n) is 3.14. The van der Waals surface area contributed by atoms with Crippen molar-refractivity contribution >= 4 is 11.9 Å². The molecule has 0 amide bonds. The molecular weight excluding hydrogens is 432 g/mol. The number of ether oxygens (including phenoxy) is 4. The van der Waals surface area contributed by atoms with Gasteiger partial charge in [-0.2, -0.15) is 0 Å². The largest absolute Gasteiger partial charge is 0.497 e. The van der Waals surface area contributed by atoms with Crippen LogP contribution in [0.1, 0.15) is 13.8 Å². The van der Waals surface area contributed by atoms with Gasteiger partial charge in [0.15, 0.2) is 0 Å². The van der Waals surface area contributed by atoms with E-state index in [1.54, 1.807) is 58.4 Å². The van der Waals surface area contributed by atoms with Gasteiger partial charge < -0.3 is 18.9 Å². The van der Waals surface area contributed by atoms with Crippen LogP contribution in [-0.4, -0.2) is 26.2 Å². The first-order chi connectivity index (χ1) is 16.2. The lowest BCUT2D eigenvalue weighted by Crippen LogP contribution is -2.10. The molecule has 0 fully saturated rings. The zero-order chi connectivity index (χ0) is 24.8. The lowest BCUT2D eigenvalue weighted by atomic mass is 9.97. The summed E-state index contributed by atoms with van der Waals surface area (Å²) in [5.74, 6) is 0.849. The molecule has 0 atom stereocenters. The molecule has 174 valence electrons. The summed E-state index contributed by atoms with van der Waals surface area (Å²) in [6.07, 6.45) is 0. The van der Waals surface area contributed by atoms with Crippen molar-refractivity contribution in [3.63, 3.8) is 0 Å². The van der Waals surface area contributed by atoms with Crippen LogP contribution in [0.3, 0.4) is 0 Å². The average Bonchev–Trinajstić information content (AvgIpc) is 2.84. The van der Waals surface area contributed by atoms with Crippen LogP contribution in [0.4, 0.5) is 0 Å². The fourth-order valence-corrected chi connectivity index (χ4v) is 3.14. The summed E-state index contributed by atoms with van der Waals surface area (Å²) in [5, 5.41) is 0. The standard InChI is InChI=1S/C28H26O6/c1-17(2)27(29)33-23-13-9-20(10-14-23)26-24(32-6)15-21(16-25(26)34-28(30)18(3)4)19-7-11-22(31-5)12-8-19/h7-16H,1,3H2,2,4-6H3. The van der Waals surface area contributed by atoms with Crippen molar-refractivity contribution < 1.29 is 28.5 Å². The van der Waals surface area contributed by atoms with Crippen molar-refractivity contribution in [1.82, 2.24) is 0 Å². The van der Waals surface area contributed by atoms with Crippen molar-refractivity contribution in [3.8, 4) is 45.3 Å². The molecule has 3 aromatic carbocycles. The second kappa shape index (κ2) is 10.5. The van der Waals surface area contributed by atoms with Crippen LogP contribution >= 0.6 is 0 Å². The van der Waals surface area contributed by atoms with Gasteiger partial charge in [0.05, 0.1) is 19.8 Å². The Kier molecular flexibility index (Phi) is 7.53. The second-order valence-corrected chi connectivity index (χ2v) is 7.64. The minimum Gasteiger partial charge on any atom is -0.497 e. The number of hydrogen-bond donors (Lipinski definition) is 0. The first-order valence-corrected chi connectivity index (χ1v) is 10.5. The molecular formula is C28H26O6. The van der Waals surface area contributed by atoms with E-state index in [0.29, 0.717) is 33.9 Å². The van der Waals surface area contributed by atoms with Gasteiger partial charge in [-0.05, 0) is 66.9 Å². The molecule has 0 radical (unpaired) electrons. The highest BCUT2D eigenvalue weighted by Gasteiger charge is 2.19. The number of hydrogen-bond acceptors (Lipinski definition) is 6. The van der Waals surface area contributed by atoms with E-state index in [1.165, 1.54) is 0 Å². The Morgan fingerprint density at radius 2 is 1.12 bits per heavy atom. The number of methoxy groups -OCH3 is 2. The molecule has 0 bridgehead atoms. The minimum atomic E-state index is -0.554. The molecule has 0 aliphatic rings. The van der Waals surface area contributed by atoms with E-state index in [4.69, 9.17) is 18.9 Å². The quantitative estimate of drug-likeness (QED) is 0.234. The van der Waals surface area contributed by atoms with E-state index in [0.717, 1.165) is 16.9 Å². The van der Waals surface area contributed by atoms with Crippen LogP contribution in [0.25, 0.3) is 22.3 Å². The maximum absolute atomic E-state index is 12.4. The van der Waals surface area contributed by atoms with E-state index in [2.05, 4.69) is 13.2 Å². The monoisotopic (exact) mass is 458 g/mol. The number of rotatable bonds is 8. The summed E-state index contributed by atoms with van der Waals surface area (Å²) in [7, 11) is 3.15. The van der Waals surface area contributed by atoms with Crippen molar-refractivity contribution in [3.05, 3.63) is 85.0 Å².